The zero-order valence-electron chi connectivity index (χ0n) is 20.2. The highest BCUT2D eigenvalue weighted by Crippen LogP contribution is 2.30. The third kappa shape index (κ3) is 6.68. The van der Waals surface area contributed by atoms with Crippen LogP contribution in [-0.2, 0) is 21.3 Å². The van der Waals surface area contributed by atoms with E-state index in [0.717, 1.165) is 37.6 Å². The molecule has 2 heterocycles. The maximum absolute atomic E-state index is 11.3. The molecule has 1 unspecified atom stereocenters. The predicted octanol–water partition coefficient (Wildman–Crippen LogP) is 5.94. The molecule has 1 saturated heterocycles. The second kappa shape index (κ2) is 11.6. The number of aryl methyl sites for hydroxylation is 1. The van der Waals surface area contributed by atoms with Crippen LogP contribution in [0.3, 0.4) is 0 Å². The first kappa shape index (κ1) is 25.9. The number of aromatic nitrogens is 2. The molecule has 4 rings (SSSR count). The molecule has 2 N–H and O–H groups in total. The minimum Gasteiger partial charge on any atom is -0.385 e. The number of hydrogen-bond donors (Lipinski definition) is 2. The zero-order chi connectivity index (χ0) is 24.7. The van der Waals surface area contributed by atoms with Gasteiger partial charge in [-0.3, -0.25) is 4.55 Å². The monoisotopic (exact) mass is 485 g/mol. The Balaban J connectivity index is 0.000000215. The standard InChI is InChI=1S/C14H16N2O4S.C12H19N/c1-2-12-11-7-6-10(21(17,18)19)9-13(11)16(15-12)14-5-3-4-8-20-14;1-4-11-5-7-12(8-6-11)13-9-10(2)3/h2,6-7,9,14H,1,3-5,8H2,(H,17,18,19);5-8,10,13H,4,9H2,1-3H3. The number of anilines is 1. The summed E-state index contributed by atoms with van der Waals surface area (Å²) in [6.07, 6.45) is 5.39. The lowest BCUT2D eigenvalue weighted by molar-refractivity contribution is -0.0367. The molecular formula is C26H35N3O4S. The van der Waals surface area contributed by atoms with Crippen molar-refractivity contribution in [3.8, 4) is 0 Å². The van der Waals surface area contributed by atoms with Gasteiger partial charge in [0.25, 0.3) is 10.1 Å². The topological polar surface area (TPSA) is 93.5 Å². The first-order valence-electron chi connectivity index (χ1n) is 11.8. The molecule has 7 nitrogen and oxygen atoms in total. The van der Waals surface area contributed by atoms with Crippen molar-refractivity contribution in [3.05, 3.63) is 60.3 Å². The van der Waals surface area contributed by atoms with E-state index in [9.17, 15) is 13.0 Å². The van der Waals surface area contributed by atoms with E-state index >= 15 is 0 Å². The summed E-state index contributed by atoms with van der Waals surface area (Å²) in [5.74, 6) is 0.700. The van der Waals surface area contributed by atoms with Crippen LogP contribution in [0.1, 0.15) is 57.5 Å². The largest absolute Gasteiger partial charge is 0.385 e. The molecule has 0 amide bonds. The van der Waals surface area contributed by atoms with Gasteiger partial charge in [-0.05, 0) is 73.6 Å². The molecule has 0 radical (unpaired) electrons. The lowest BCUT2D eigenvalue weighted by Gasteiger charge is -2.23. The van der Waals surface area contributed by atoms with Crippen LogP contribution >= 0.6 is 0 Å². The Labute approximate surface area is 202 Å². The molecule has 1 aromatic heterocycles. The smallest absolute Gasteiger partial charge is 0.294 e. The summed E-state index contributed by atoms with van der Waals surface area (Å²) in [6, 6.07) is 13.1. The van der Waals surface area contributed by atoms with Gasteiger partial charge in [0.2, 0.25) is 0 Å². The fraction of sp³-hybridized carbons (Fsp3) is 0.423. The minimum atomic E-state index is -4.25. The Morgan fingerprint density at radius 2 is 1.97 bits per heavy atom. The summed E-state index contributed by atoms with van der Waals surface area (Å²) in [4.78, 5) is -0.150. The Bertz CT molecular complexity index is 1190. The lowest BCUT2D eigenvalue weighted by atomic mass is 10.1. The maximum Gasteiger partial charge on any atom is 0.294 e. The van der Waals surface area contributed by atoms with E-state index in [0.29, 0.717) is 23.7 Å². The van der Waals surface area contributed by atoms with Crippen molar-refractivity contribution in [1.29, 1.82) is 0 Å². The van der Waals surface area contributed by atoms with Gasteiger partial charge in [0.15, 0.2) is 6.23 Å². The lowest BCUT2D eigenvalue weighted by Crippen LogP contribution is -2.19. The molecule has 0 saturated carbocycles. The fourth-order valence-corrected chi connectivity index (χ4v) is 4.27. The molecule has 0 bridgehead atoms. The number of benzene rings is 2. The highest BCUT2D eigenvalue weighted by molar-refractivity contribution is 7.85. The van der Waals surface area contributed by atoms with Gasteiger partial charge >= 0.3 is 0 Å². The van der Waals surface area contributed by atoms with Crippen molar-refractivity contribution in [2.24, 2.45) is 5.92 Å². The molecule has 0 aliphatic carbocycles. The van der Waals surface area contributed by atoms with E-state index in [1.54, 1.807) is 16.8 Å². The summed E-state index contributed by atoms with van der Waals surface area (Å²) in [6.45, 7) is 12.0. The van der Waals surface area contributed by atoms with E-state index in [4.69, 9.17) is 4.74 Å². The van der Waals surface area contributed by atoms with Gasteiger partial charge in [-0.25, -0.2) is 4.68 Å². The van der Waals surface area contributed by atoms with Crippen molar-refractivity contribution in [1.82, 2.24) is 9.78 Å². The number of ether oxygens (including phenoxy) is 1. The molecule has 2 aromatic carbocycles. The Hall–Kier alpha value is -2.68. The average molecular weight is 486 g/mol. The Morgan fingerprint density at radius 1 is 1.24 bits per heavy atom. The van der Waals surface area contributed by atoms with Crippen LogP contribution in [-0.4, -0.2) is 35.9 Å². The van der Waals surface area contributed by atoms with Crippen molar-refractivity contribution in [2.45, 2.75) is 57.6 Å². The summed E-state index contributed by atoms with van der Waals surface area (Å²) in [5.41, 5.74) is 3.91. The van der Waals surface area contributed by atoms with Crippen molar-refractivity contribution in [3.63, 3.8) is 0 Å². The van der Waals surface area contributed by atoms with Crippen LogP contribution in [0.4, 0.5) is 5.69 Å². The van der Waals surface area contributed by atoms with Gasteiger partial charge in [-0.15, -0.1) is 0 Å². The fourth-order valence-electron chi connectivity index (χ4n) is 3.77. The molecule has 3 aromatic rings. The van der Waals surface area contributed by atoms with E-state index in [1.807, 2.05) is 0 Å². The molecule has 1 fully saturated rings. The molecular weight excluding hydrogens is 450 g/mol. The van der Waals surface area contributed by atoms with E-state index < -0.39 is 10.1 Å². The van der Waals surface area contributed by atoms with Crippen LogP contribution in [0.15, 0.2) is 53.9 Å². The summed E-state index contributed by atoms with van der Waals surface area (Å²) >= 11 is 0. The summed E-state index contributed by atoms with van der Waals surface area (Å²) < 4.78 is 39.2. The van der Waals surface area contributed by atoms with Crippen LogP contribution in [0.25, 0.3) is 17.0 Å². The Morgan fingerprint density at radius 3 is 2.53 bits per heavy atom. The van der Waals surface area contributed by atoms with Gasteiger partial charge in [0.05, 0.1) is 16.1 Å². The molecule has 1 atom stereocenters. The summed E-state index contributed by atoms with van der Waals surface area (Å²) in [5, 5.41) is 8.63. The van der Waals surface area contributed by atoms with Gasteiger partial charge in [-0.2, -0.15) is 13.5 Å². The number of hydrogen-bond acceptors (Lipinski definition) is 5. The molecule has 34 heavy (non-hydrogen) atoms. The van der Waals surface area contributed by atoms with E-state index in [2.05, 4.69) is 62.0 Å². The van der Waals surface area contributed by atoms with E-state index in [1.165, 1.54) is 23.4 Å². The summed E-state index contributed by atoms with van der Waals surface area (Å²) in [7, 11) is -4.25. The van der Waals surface area contributed by atoms with Gasteiger partial charge in [0.1, 0.15) is 0 Å². The zero-order valence-corrected chi connectivity index (χ0v) is 21.0. The highest BCUT2D eigenvalue weighted by Gasteiger charge is 2.22. The SMILES string of the molecule is C=Cc1nn(C2CCCCO2)c2cc(S(=O)(=O)O)ccc12.CCc1ccc(NCC(C)C)cc1. The second-order valence-electron chi connectivity index (χ2n) is 8.83. The van der Waals surface area contributed by atoms with Crippen molar-refractivity contribution in [2.75, 3.05) is 18.5 Å². The quantitative estimate of drug-likeness (QED) is 0.402. The third-order valence-corrected chi connectivity index (χ3v) is 6.55. The third-order valence-electron chi connectivity index (χ3n) is 5.70. The van der Waals surface area contributed by atoms with E-state index in [-0.39, 0.29) is 11.1 Å². The molecule has 0 spiro atoms. The number of fused-ring (bicyclic) bond motifs is 1. The van der Waals surface area contributed by atoms with Crippen LogP contribution in [0, 0.1) is 5.92 Å². The highest BCUT2D eigenvalue weighted by atomic mass is 32.2. The van der Waals surface area contributed by atoms with Gasteiger partial charge in [0, 0.05) is 24.2 Å². The van der Waals surface area contributed by atoms with Crippen LogP contribution < -0.4 is 5.32 Å². The van der Waals surface area contributed by atoms with Gasteiger partial charge in [-0.1, -0.05) is 39.5 Å². The first-order valence-corrected chi connectivity index (χ1v) is 13.2. The predicted molar refractivity (Wildman–Crippen MR) is 138 cm³/mol. The van der Waals surface area contributed by atoms with Crippen LogP contribution in [0.2, 0.25) is 0 Å². The van der Waals surface area contributed by atoms with Gasteiger partial charge < -0.3 is 10.1 Å². The molecule has 1 aliphatic heterocycles. The number of nitrogens with zero attached hydrogens (tertiary/aromatic N) is 2. The van der Waals surface area contributed by atoms with Crippen LogP contribution in [0.5, 0.6) is 0 Å². The normalized spacial score (nSPS) is 16.2. The first-order chi connectivity index (χ1) is 16.2. The molecule has 8 heteroatoms. The average Bonchev–Trinajstić information content (AvgIpc) is 3.21. The second-order valence-corrected chi connectivity index (χ2v) is 10.3. The molecule has 1 aliphatic rings. The van der Waals surface area contributed by atoms with Crippen molar-refractivity contribution < 1.29 is 17.7 Å². The number of nitrogens with one attached hydrogen (secondary N) is 1. The molecule has 184 valence electrons. The maximum atomic E-state index is 11.3. The minimum absolute atomic E-state index is 0.150. The number of rotatable bonds is 7. The Kier molecular flexibility index (Phi) is 8.88. The van der Waals surface area contributed by atoms with Crippen molar-refractivity contribution >= 4 is 32.8 Å².